The second-order valence-electron chi connectivity index (χ2n) is 3.77. The number of hydrogen-bond acceptors (Lipinski definition) is 2. The van der Waals surface area contributed by atoms with Gasteiger partial charge < -0.3 is 5.32 Å². The summed E-state index contributed by atoms with van der Waals surface area (Å²) in [6, 6.07) is 15.2. The molecule has 1 heterocycles. The Labute approximate surface area is 93.9 Å². The van der Waals surface area contributed by atoms with E-state index in [9.17, 15) is 0 Å². The first-order valence-corrected chi connectivity index (χ1v) is 6.33. The summed E-state index contributed by atoms with van der Waals surface area (Å²) in [7, 11) is 0. The number of fused-ring (bicyclic) bond motifs is 1. The number of nitrogens with one attached hydrogen (secondary N) is 1. The molecule has 3 rings (SSSR count). The van der Waals surface area contributed by atoms with Crippen molar-refractivity contribution in [3.8, 4) is 0 Å². The van der Waals surface area contributed by atoms with Crippen LogP contribution in [0.25, 0.3) is 10.8 Å². The van der Waals surface area contributed by atoms with Crippen LogP contribution in [0.2, 0.25) is 0 Å². The Balaban J connectivity index is 2.16. The lowest BCUT2D eigenvalue weighted by atomic mass is 10.0. The van der Waals surface area contributed by atoms with Crippen molar-refractivity contribution in [3.63, 3.8) is 0 Å². The van der Waals surface area contributed by atoms with Crippen LogP contribution < -0.4 is 5.32 Å². The Kier molecular flexibility index (Phi) is 2.39. The van der Waals surface area contributed by atoms with Gasteiger partial charge in [-0.1, -0.05) is 42.5 Å². The Hall–Kier alpha value is -0.990. The summed E-state index contributed by atoms with van der Waals surface area (Å²) in [6.07, 6.45) is 0. The Morgan fingerprint density at radius 1 is 1.07 bits per heavy atom. The largest absolute Gasteiger partial charge is 0.301 e. The van der Waals surface area contributed by atoms with Crippen LogP contribution in [0, 0.1) is 0 Å². The molecule has 0 amide bonds. The topological polar surface area (TPSA) is 12.0 Å². The zero-order valence-corrected chi connectivity index (χ0v) is 9.26. The van der Waals surface area contributed by atoms with Crippen LogP contribution in [-0.2, 0) is 0 Å². The lowest BCUT2D eigenvalue weighted by Crippen LogP contribution is -2.12. The highest BCUT2D eigenvalue weighted by atomic mass is 32.2. The van der Waals surface area contributed by atoms with Gasteiger partial charge in [0, 0.05) is 12.3 Å². The van der Waals surface area contributed by atoms with Crippen molar-refractivity contribution in [2.75, 3.05) is 12.3 Å². The SMILES string of the molecule is c1ccc2c([C@H]3NCCS3)cccc2c1. The highest BCUT2D eigenvalue weighted by Crippen LogP contribution is 2.34. The number of benzene rings is 2. The van der Waals surface area contributed by atoms with E-state index in [1.807, 2.05) is 11.8 Å². The summed E-state index contributed by atoms with van der Waals surface area (Å²) in [5, 5.41) is 6.73. The monoisotopic (exact) mass is 215 g/mol. The van der Waals surface area contributed by atoms with Gasteiger partial charge in [-0.3, -0.25) is 0 Å². The Morgan fingerprint density at radius 3 is 2.80 bits per heavy atom. The van der Waals surface area contributed by atoms with Gasteiger partial charge in [-0.15, -0.1) is 11.8 Å². The van der Waals surface area contributed by atoms with Crippen LogP contribution in [0.15, 0.2) is 42.5 Å². The molecule has 0 aromatic heterocycles. The molecular weight excluding hydrogens is 202 g/mol. The summed E-state index contributed by atoms with van der Waals surface area (Å²) in [5.74, 6) is 1.22. The molecule has 1 saturated heterocycles. The van der Waals surface area contributed by atoms with Gasteiger partial charge in [0.25, 0.3) is 0 Å². The van der Waals surface area contributed by atoms with Crippen molar-refractivity contribution in [3.05, 3.63) is 48.0 Å². The standard InChI is InChI=1S/C13H13NS/c1-2-6-11-10(4-1)5-3-7-12(11)13-14-8-9-15-13/h1-7,13-14H,8-9H2/t13-/m0/s1. The molecule has 2 heteroatoms. The highest BCUT2D eigenvalue weighted by molar-refractivity contribution is 7.99. The molecule has 15 heavy (non-hydrogen) atoms. The van der Waals surface area contributed by atoms with Gasteiger partial charge in [0.15, 0.2) is 0 Å². The first kappa shape index (κ1) is 9.25. The predicted octanol–water partition coefficient (Wildman–Crippen LogP) is 3.17. The highest BCUT2D eigenvalue weighted by Gasteiger charge is 2.18. The van der Waals surface area contributed by atoms with E-state index < -0.39 is 0 Å². The maximum Gasteiger partial charge on any atom is 0.0796 e. The lowest BCUT2D eigenvalue weighted by Gasteiger charge is -2.12. The van der Waals surface area contributed by atoms with Crippen molar-refractivity contribution in [1.29, 1.82) is 0 Å². The molecule has 0 spiro atoms. The van der Waals surface area contributed by atoms with Crippen molar-refractivity contribution in [2.45, 2.75) is 5.37 Å². The van der Waals surface area contributed by atoms with Crippen molar-refractivity contribution < 1.29 is 0 Å². The van der Waals surface area contributed by atoms with Gasteiger partial charge in [-0.05, 0) is 16.3 Å². The van der Waals surface area contributed by atoms with Crippen LogP contribution in [0.1, 0.15) is 10.9 Å². The van der Waals surface area contributed by atoms with Crippen molar-refractivity contribution in [2.24, 2.45) is 0 Å². The predicted molar refractivity (Wildman–Crippen MR) is 67.1 cm³/mol. The molecule has 1 fully saturated rings. The third-order valence-corrected chi connectivity index (χ3v) is 4.02. The zero-order chi connectivity index (χ0) is 10.1. The van der Waals surface area contributed by atoms with Gasteiger partial charge in [0.05, 0.1) is 5.37 Å². The molecule has 0 aliphatic carbocycles. The fourth-order valence-electron chi connectivity index (χ4n) is 2.10. The van der Waals surface area contributed by atoms with E-state index in [-0.39, 0.29) is 0 Å². The summed E-state index contributed by atoms with van der Waals surface area (Å²) in [5.41, 5.74) is 1.43. The minimum absolute atomic E-state index is 0.483. The average Bonchev–Trinajstić information content (AvgIpc) is 2.82. The van der Waals surface area contributed by atoms with E-state index in [1.54, 1.807) is 0 Å². The maximum atomic E-state index is 3.53. The summed E-state index contributed by atoms with van der Waals surface area (Å²) >= 11 is 2.00. The smallest absolute Gasteiger partial charge is 0.0796 e. The quantitative estimate of drug-likeness (QED) is 0.784. The molecule has 1 nitrogen and oxygen atoms in total. The van der Waals surface area contributed by atoms with E-state index in [0.717, 1.165) is 6.54 Å². The Morgan fingerprint density at radius 2 is 1.93 bits per heavy atom. The minimum Gasteiger partial charge on any atom is -0.301 e. The molecule has 0 radical (unpaired) electrons. The minimum atomic E-state index is 0.483. The van der Waals surface area contributed by atoms with Gasteiger partial charge in [-0.2, -0.15) is 0 Å². The zero-order valence-electron chi connectivity index (χ0n) is 8.44. The van der Waals surface area contributed by atoms with Crippen molar-refractivity contribution >= 4 is 22.5 Å². The summed E-state index contributed by atoms with van der Waals surface area (Å²) in [6.45, 7) is 1.12. The third kappa shape index (κ3) is 1.64. The molecule has 76 valence electrons. The van der Waals surface area contributed by atoms with E-state index in [1.165, 1.54) is 22.1 Å². The fourth-order valence-corrected chi connectivity index (χ4v) is 3.20. The molecule has 0 bridgehead atoms. The molecule has 0 saturated carbocycles. The van der Waals surface area contributed by atoms with E-state index in [0.29, 0.717) is 5.37 Å². The van der Waals surface area contributed by atoms with Crippen LogP contribution >= 0.6 is 11.8 Å². The molecule has 1 aliphatic rings. The van der Waals surface area contributed by atoms with Gasteiger partial charge >= 0.3 is 0 Å². The van der Waals surface area contributed by atoms with Crippen LogP contribution in [0.5, 0.6) is 0 Å². The molecule has 2 aromatic rings. The molecule has 1 atom stereocenters. The van der Waals surface area contributed by atoms with E-state index >= 15 is 0 Å². The van der Waals surface area contributed by atoms with Crippen LogP contribution in [0.3, 0.4) is 0 Å². The second-order valence-corrected chi connectivity index (χ2v) is 4.99. The average molecular weight is 215 g/mol. The fraction of sp³-hybridized carbons (Fsp3) is 0.231. The Bertz CT molecular complexity index is 469. The number of hydrogen-bond donors (Lipinski definition) is 1. The normalized spacial score (nSPS) is 20.9. The van der Waals surface area contributed by atoms with Crippen LogP contribution in [-0.4, -0.2) is 12.3 Å². The molecule has 2 aromatic carbocycles. The second kappa shape index (κ2) is 3.87. The first-order chi connectivity index (χ1) is 7.45. The van der Waals surface area contributed by atoms with Crippen LogP contribution in [0.4, 0.5) is 0 Å². The summed E-state index contributed by atoms with van der Waals surface area (Å²) in [4.78, 5) is 0. The maximum absolute atomic E-state index is 3.53. The molecule has 1 aliphatic heterocycles. The first-order valence-electron chi connectivity index (χ1n) is 5.28. The van der Waals surface area contributed by atoms with E-state index in [4.69, 9.17) is 0 Å². The number of rotatable bonds is 1. The number of thioether (sulfide) groups is 1. The third-order valence-electron chi connectivity index (χ3n) is 2.82. The van der Waals surface area contributed by atoms with Gasteiger partial charge in [-0.25, -0.2) is 0 Å². The van der Waals surface area contributed by atoms with E-state index in [2.05, 4.69) is 47.8 Å². The van der Waals surface area contributed by atoms with Gasteiger partial charge in [0.1, 0.15) is 0 Å². The van der Waals surface area contributed by atoms with Gasteiger partial charge in [0.2, 0.25) is 0 Å². The van der Waals surface area contributed by atoms with Crippen molar-refractivity contribution in [1.82, 2.24) is 5.32 Å². The molecule has 1 N–H and O–H groups in total. The lowest BCUT2D eigenvalue weighted by molar-refractivity contribution is 0.755. The summed E-state index contributed by atoms with van der Waals surface area (Å²) < 4.78 is 0. The molecule has 0 unspecified atom stereocenters. The molecular formula is C13H13NS.